The van der Waals surface area contributed by atoms with Crippen molar-refractivity contribution in [3.05, 3.63) is 28.2 Å². The van der Waals surface area contributed by atoms with Crippen LogP contribution in [-0.2, 0) is 0 Å². The summed E-state index contributed by atoms with van der Waals surface area (Å²) in [7, 11) is 0. The molecule has 1 aliphatic heterocycles. The van der Waals surface area contributed by atoms with E-state index in [-0.39, 0.29) is 16.8 Å². The van der Waals surface area contributed by atoms with Gasteiger partial charge in [-0.15, -0.1) is 0 Å². The quantitative estimate of drug-likeness (QED) is 0.693. The van der Waals surface area contributed by atoms with Crippen LogP contribution in [0.2, 0.25) is 0 Å². The van der Waals surface area contributed by atoms with Gasteiger partial charge in [0.05, 0.1) is 0 Å². The maximum atomic E-state index is 11.7. The minimum Gasteiger partial charge on any atom is -0.356 e. The average Bonchev–Trinajstić information content (AvgIpc) is 2.34. The molecule has 0 saturated heterocycles. The summed E-state index contributed by atoms with van der Waals surface area (Å²) in [5.74, 6) is 0.463. The van der Waals surface area contributed by atoms with Crippen LogP contribution in [0, 0.1) is 5.41 Å². The molecule has 0 aliphatic carbocycles. The summed E-state index contributed by atoms with van der Waals surface area (Å²) in [5.41, 5.74) is 0.607. The normalized spacial score (nSPS) is 17.3. The number of hydrogen-bond donors (Lipinski definition) is 3. The zero-order chi connectivity index (χ0) is 14.0. The Bertz CT molecular complexity index is 587. The molecule has 6 nitrogen and oxygen atoms in total. The van der Waals surface area contributed by atoms with Gasteiger partial charge >= 0.3 is 0 Å². The Balaban J connectivity index is 2.20. The summed E-state index contributed by atoms with van der Waals surface area (Å²) in [6, 6.07) is 1.53. The lowest BCUT2D eigenvalue weighted by Gasteiger charge is -2.29. The van der Waals surface area contributed by atoms with Gasteiger partial charge in [-0.05, 0) is 13.0 Å². The molecule has 0 aromatic carbocycles. The van der Waals surface area contributed by atoms with Crippen LogP contribution in [0.3, 0.4) is 0 Å². The van der Waals surface area contributed by atoms with Crippen LogP contribution in [0.4, 0.5) is 5.69 Å². The van der Waals surface area contributed by atoms with Crippen LogP contribution in [0.25, 0.3) is 0 Å². The maximum absolute atomic E-state index is 11.7. The van der Waals surface area contributed by atoms with E-state index < -0.39 is 0 Å². The second-order valence-electron chi connectivity index (χ2n) is 5.49. The number of nitrogens with zero attached hydrogens (tertiary/aromatic N) is 1. The van der Waals surface area contributed by atoms with Gasteiger partial charge in [-0.2, -0.15) is 0 Å². The lowest BCUT2D eigenvalue weighted by Crippen LogP contribution is -2.44. The highest BCUT2D eigenvalue weighted by Crippen LogP contribution is 2.16. The number of guanidine groups is 1. The molecule has 0 bridgehead atoms. The van der Waals surface area contributed by atoms with Crippen molar-refractivity contribution in [1.82, 2.24) is 10.3 Å². The summed E-state index contributed by atoms with van der Waals surface area (Å²) in [6.07, 6.45) is 1.41. The van der Waals surface area contributed by atoms with Crippen molar-refractivity contribution >= 4 is 17.4 Å². The largest absolute Gasteiger partial charge is 0.356 e. The molecule has 102 valence electrons. The molecule has 2 heterocycles. The highest BCUT2D eigenvalue weighted by atomic mass is 16.1. The third-order valence-corrected chi connectivity index (χ3v) is 2.96. The van der Waals surface area contributed by atoms with Gasteiger partial charge in [0.2, 0.25) is 0 Å². The molecule has 0 fully saturated rings. The van der Waals surface area contributed by atoms with Crippen molar-refractivity contribution < 1.29 is 4.79 Å². The second kappa shape index (κ2) is 4.87. The predicted molar refractivity (Wildman–Crippen MR) is 74.8 cm³/mol. The molecule has 1 aromatic rings. The van der Waals surface area contributed by atoms with Crippen LogP contribution >= 0.6 is 0 Å². The fourth-order valence-electron chi connectivity index (χ4n) is 1.72. The lowest BCUT2D eigenvalue weighted by molar-refractivity contribution is 0.101. The molecule has 1 aliphatic rings. The van der Waals surface area contributed by atoms with E-state index in [2.05, 4.69) is 34.5 Å². The minimum atomic E-state index is -0.278. The van der Waals surface area contributed by atoms with Crippen LogP contribution < -0.4 is 16.2 Å². The van der Waals surface area contributed by atoms with E-state index >= 15 is 0 Å². The topological polar surface area (TPSA) is 86.3 Å². The number of carbonyl (C=O) groups excluding carboxylic acids is 1. The summed E-state index contributed by atoms with van der Waals surface area (Å²) in [4.78, 5) is 29.9. The van der Waals surface area contributed by atoms with Gasteiger partial charge in [0.25, 0.3) is 5.56 Å². The molecular weight excluding hydrogens is 244 g/mol. The number of H-pyrrole nitrogens is 1. The summed E-state index contributed by atoms with van der Waals surface area (Å²) >= 11 is 0. The Morgan fingerprint density at radius 2 is 2.21 bits per heavy atom. The number of ketones is 1. The standard InChI is InChI=1S/C13H18N4O2/c1-8(18)9-4-10(11(19)14-5-9)17-12-15-6-13(2,3)7-16-12/h4-5H,6-7H2,1-3H3,(H,14,19)(H2,15,16,17). The van der Waals surface area contributed by atoms with Crippen molar-refractivity contribution in [2.75, 3.05) is 18.4 Å². The number of nitrogens with one attached hydrogen (secondary N) is 3. The van der Waals surface area contributed by atoms with Crippen molar-refractivity contribution in [3.63, 3.8) is 0 Å². The zero-order valence-electron chi connectivity index (χ0n) is 11.3. The van der Waals surface area contributed by atoms with Crippen molar-refractivity contribution in [1.29, 1.82) is 0 Å². The molecule has 19 heavy (non-hydrogen) atoms. The molecule has 0 radical (unpaired) electrons. The number of aromatic amines is 1. The third kappa shape index (κ3) is 3.21. The minimum absolute atomic E-state index is 0.0982. The molecule has 0 amide bonds. The number of pyridine rings is 1. The fraction of sp³-hybridized carbons (Fsp3) is 0.462. The van der Waals surface area contributed by atoms with Crippen LogP contribution in [0.15, 0.2) is 22.1 Å². The van der Waals surface area contributed by atoms with E-state index in [1.807, 2.05) is 0 Å². The van der Waals surface area contributed by atoms with Gasteiger partial charge in [0.15, 0.2) is 11.7 Å². The van der Waals surface area contributed by atoms with Gasteiger partial charge in [0, 0.05) is 30.3 Å². The van der Waals surface area contributed by atoms with E-state index in [1.165, 1.54) is 19.2 Å². The number of anilines is 1. The predicted octanol–water partition coefficient (Wildman–Crippen LogP) is 0.975. The van der Waals surface area contributed by atoms with Gasteiger partial charge in [-0.1, -0.05) is 13.8 Å². The fourth-order valence-corrected chi connectivity index (χ4v) is 1.72. The highest BCUT2D eigenvalue weighted by Gasteiger charge is 2.22. The summed E-state index contributed by atoms with van der Waals surface area (Å²) in [6.45, 7) is 7.15. The summed E-state index contributed by atoms with van der Waals surface area (Å²) < 4.78 is 0. The molecule has 0 spiro atoms. The Hall–Kier alpha value is -2.11. The smallest absolute Gasteiger partial charge is 0.271 e. The molecule has 1 aromatic heterocycles. The third-order valence-electron chi connectivity index (χ3n) is 2.96. The summed E-state index contributed by atoms with van der Waals surface area (Å²) in [5, 5.41) is 6.06. The number of rotatable bonds is 2. The molecule has 0 atom stereocenters. The Morgan fingerprint density at radius 3 is 2.79 bits per heavy atom. The van der Waals surface area contributed by atoms with Gasteiger partial charge in [-0.3, -0.25) is 14.6 Å². The monoisotopic (exact) mass is 262 g/mol. The van der Waals surface area contributed by atoms with Crippen molar-refractivity contribution in [2.45, 2.75) is 20.8 Å². The Kier molecular flexibility index (Phi) is 3.42. The Morgan fingerprint density at radius 1 is 1.47 bits per heavy atom. The van der Waals surface area contributed by atoms with Gasteiger partial charge < -0.3 is 15.6 Å². The zero-order valence-corrected chi connectivity index (χ0v) is 11.3. The number of aromatic nitrogens is 1. The lowest BCUT2D eigenvalue weighted by atomic mass is 9.93. The number of aliphatic imine (C=N–C) groups is 1. The van der Waals surface area contributed by atoms with E-state index in [0.717, 1.165) is 6.54 Å². The first-order valence-corrected chi connectivity index (χ1v) is 6.16. The molecule has 2 rings (SSSR count). The number of Topliss-reactive ketones (excluding diaryl/α,β-unsaturated/α-hetero) is 1. The van der Waals surface area contributed by atoms with Gasteiger partial charge in [0.1, 0.15) is 5.69 Å². The SMILES string of the molecule is CC(=O)c1c[nH]c(=O)c(NC2=NCC(C)(C)CN2)c1. The van der Waals surface area contributed by atoms with Crippen LogP contribution in [-0.4, -0.2) is 29.8 Å². The average molecular weight is 262 g/mol. The van der Waals surface area contributed by atoms with E-state index in [1.54, 1.807) is 0 Å². The van der Waals surface area contributed by atoms with E-state index in [0.29, 0.717) is 23.8 Å². The van der Waals surface area contributed by atoms with Gasteiger partial charge in [-0.25, -0.2) is 0 Å². The van der Waals surface area contributed by atoms with E-state index in [9.17, 15) is 9.59 Å². The second-order valence-corrected chi connectivity index (χ2v) is 5.49. The van der Waals surface area contributed by atoms with Crippen LogP contribution in [0.5, 0.6) is 0 Å². The molecule has 3 N–H and O–H groups in total. The first-order valence-electron chi connectivity index (χ1n) is 6.16. The number of carbonyl (C=O) groups is 1. The molecule has 6 heteroatoms. The molecule has 0 saturated carbocycles. The first kappa shape index (κ1) is 13.3. The van der Waals surface area contributed by atoms with Crippen LogP contribution in [0.1, 0.15) is 31.1 Å². The Labute approximate surface area is 111 Å². The first-order chi connectivity index (χ1) is 8.87. The van der Waals surface area contributed by atoms with E-state index in [4.69, 9.17) is 0 Å². The highest BCUT2D eigenvalue weighted by molar-refractivity contribution is 5.97. The maximum Gasteiger partial charge on any atom is 0.271 e. The van der Waals surface area contributed by atoms with Crippen molar-refractivity contribution in [3.8, 4) is 0 Å². The van der Waals surface area contributed by atoms with Crippen molar-refractivity contribution in [2.24, 2.45) is 10.4 Å². The molecular formula is C13H18N4O2. The number of hydrogen-bond acceptors (Lipinski definition) is 5. The molecule has 0 unspecified atom stereocenters.